The molecule has 0 bridgehead atoms. The number of anilines is 1. The first-order chi connectivity index (χ1) is 21.7. The minimum absolute atomic E-state index is 0. The molecular weight excluding hydrogens is 684 g/mol. The maximum Gasteiger partial charge on any atom is 2.00 e. The van der Waals surface area contributed by atoms with Crippen LogP contribution in [-0.2, 0) is 21.9 Å². The van der Waals surface area contributed by atoms with Crippen LogP contribution in [0.15, 0.2) is 103 Å². The van der Waals surface area contributed by atoms with Crippen molar-refractivity contribution in [2.75, 3.05) is 12.5 Å². The van der Waals surface area contributed by atoms with E-state index in [-0.39, 0.29) is 56.3 Å². The molecule has 0 fully saturated rings. The molecule has 0 unspecified atom stereocenters. The van der Waals surface area contributed by atoms with E-state index in [1.807, 2.05) is 0 Å². The summed E-state index contributed by atoms with van der Waals surface area (Å²) >= 11 is 1.06. The smallest absolute Gasteiger partial charge is 0.459 e. The maximum absolute atomic E-state index is 13.6. The number of carbonyl (C=O) groups excluding carboxylic acids is 6. The van der Waals surface area contributed by atoms with Crippen LogP contribution in [0.4, 0.5) is 15.3 Å². The predicted molar refractivity (Wildman–Crippen MR) is 161 cm³/mol. The first-order valence-electron chi connectivity index (χ1n) is 13.2. The van der Waals surface area contributed by atoms with E-state index in [1.54, 1.807) is 42.5 Å². The van der Waals surface area contributed by atoms with Crippen LogP contribution in [0.25, 0.3) is 0 Å². The molecule has 0 atom stereocenters. The average Bonchev–Trinajstić information content (AvgIpc) is 3.80. The second kappa shape index (κ2) is 13.1. The van der Waals surface area contributed by atoms with Gasteiger partial charge in [0.05, 0.1) is 29.3 Å². The Morgan fingerprint density at radius 1 is 0.870 bits per heavy atom. The summed E-state index contributed by atoms with van der Waals surface area (Å²) in [7, 11) is -1.54. The Labute approximate surface area is 276 Å². The molecule has 16 heteroatoms. The van der Waals surface area contributed by atoms with Crippen molar-refractivity contribution in [2.45, 2.75) is 16.9 Å². The monoisotopic (exact) mass is 703 g/mol. The number of furan rings is 2. The fourth-order valence-electron chi connectivity index (χ4n) is 4.63. The molecule has 0 aliphatic carbocycles. The third-order valence-corrected chi connectivity index (χ3v) is 10.1. The van der Waals surface area contributed by atoms with Crippen LogP contribution in [0.2, 0.25) is 0 Å². The van der Waals surface area contributed by atoms with Crippen molar-refractivity contribution in [2.24, 2.45) is 5.10 Å². The normalized spacial score (nSPS) is 15.3. The molecule has 1 radical (unpaired) electrons. The molecule has 0 saturated heterocycles. The van der Waals surface area contributed by atoms with Crippen molar-refractivity contribution in [1.82, 2.24) is 9.80 Å². The fourth-order valence-corrected chi connectivity index (χ4v) is 7.38. The molecule has 2 aromatic heterocycles. The van der Waals surface area contributed by atoms with Gasteiger partial charge in [-0.15, -0.1) is 0 Å². The SMILES string of the molecule is CC1=[Si](C(=O)Oc2ccccc2)C(=O)N(C)C(=O)C1=NNc1ccc(Sc2ccco2)c2c1C(=O)N(C(=O)c1ccco1)C2=O.[Cu+2]. The Bertz CT molecular complexity index is 1980. The number of para-hydroxylation sites is 1. The molecule has 6 rings (SSSR count). The van der Waals surface area contributed by atoms with E-state index in [0.29, 0.717) is 14.9 Å². The zero-order valence-electron chi connectivity index (χ0n) is 23.7. The maximum atomic E-state index is 13.6. The van der Waals surface area contributed by atoms with E-state index in [4.69, 9.17) is 13.6 Å². The first kappa shape index (κ1) is 32.2. The second-order valence-corrected chi connectivity index (χ2v) is 12.9. The molecular formula is C30H20CuN4O9SSi+2. The third kappa shape index (κ3) is 5.69. The minimum Gasteiger partial charge on any atom is -0.459 e. The molecule has 1 N–H and O–H groups in total. The first-order valence-corrected chi connectivity index (χ1v) is 15.5. The number of carbonyl (C=O) groups is 6. The number of nitrogens with one attached hydrogen (secondary N) is 1. The van der Waals surface area contributed by atoms with E-state index < -0.39 is 43.2 Å². The number of hydrogen-bond donors (Lipinski definition) is 1. The third-order valence-electron chi connectivity index (χ3n) is 6.84. The Morgan fingerprint density at radius 2 is 1.57 bits per heavy atom. The van der Waals surface area contributed by atoms with Crippen LogP contribution in [0.5, 0.6) is 5.75 Å². The summed E-state index contributed by atoms with van der Waals surface area (Å²) in [5.74, 6) is -3.57. The summed E-state index contributed by atoms with van der Waals surface area (Å²) in [6.45, 7) is 1.44. The van der Waals surface area contributed by atoms with Gasteiger partial charge in [0.2, 0.25) is 5.53 Å². The number of imide groups is 4. The molecule has 5 amide bonds. The molecule has 2 aliphatic rings. The zero-order valence-corrected chi connectivity index (χ0v) is 26.5. The van der Waals surface area contributed by atoms with Gasteiger partial charge in [0, 0.05) is 11.9 Å². The molecule has 4 aromatic rings. The van der Waals surface area contributed by atoms with Crippen LogP contribution >= 0.6 is 11.8 Å². The molecule has 2 aliphatic heterocycles. The van der Waals surface area contributed by atoms with Crippen molar-refractivity contribution in [1.29, 1.82) is 0 Å². The largest absolute Gasteiger partial charge is 2.00 e. The Kier molecular flexibility index (Phi) is 9.16. The van der Waals surface area contributed by atoms with Crippen molar-refractivity contribution in [3.05, 3.63) is 96.1 Å². The number of hydrazone groups is 1. The molecule has 46 heavy (non-hydrogen) atoms. The summed E-state index contributed by atoms with van der Waals surface area (Å²) in [5.41, 5.74) is 0.633. The number of rotatable bonds is 7. The van der Waals surface area contributed by atoms with Crippen LogP contribution in [-0.4, -0.2) is 70.9 Å². The topological polar surface area (TPSA) is 169 Å². The van der Waals surface area contributed by atoms with E-state index in [9.17, 15) is 28.8 Å². The molecule has 0 saturated carbocycles. The van der Waals surface area contributed by atoms with Gasteiger partial charge in [0.1, 0.15) is 11.5 Å². The van der Waals surface area contributed by atoms with Gasteiger partial charge < -0.3 is 13.6 Å². The van der Waals surface area contributed by atoms with Crippen molar-refractivity contribution >= 4 is 71.5 Å². The predicted octanol–water partition coefficient (Wildman–Crippen LogP) is 4.45. The van der Waals surface area contributed by atoms with Gasteiger partial charge in [0.25, 0.3) is 26.1 Å². The zero-order chi connectivity index (χ0) is 31.8. The minimum atomic E-state index is -2.77. The molecule has 13 nitrogen and oxygen atoms in total. The number of fused-ring (bicyclic) bond motifs is 1. The second-order valence-electron chi connectivity index (χ2n) is 9.57. The van der Waals surface area contributed by atoms with Gasteiger partial charge in [-0.2, -0.15) is 5.10 Å². The number of nitrogens with zero attached hydrogens (tertiary/aromatic N) is 3. The number of ether oxygens (including phenoxy) is 1. The standard InChI is InChI=1S/C30H20N4O9SSi.Cu/c1-16-24(28(38)33(2)29(39)45(16)30(40)43-17-8-4-3-5-9-17)32-31-18-12-13-20(44-21-11-7-15-42-21)23-22(18)26(36)34(27(23)37)25(35)19-10-6-14-41-19;/h3-15,31H,1-2H3;/q;+2. The van der Waals surface area contributed by atoms with Crippen LogP contribution in [0.3, 0.4) is 0 Å². The van der Waals surface area contributed by atoms with Gasteiger partial charge in [-0.05, 0) is 60.6 Å². The quantitative estimate of drug-likeness (QED) is 0.164. The summed E-state index contributed by atoms with van der Waals surface area (Å²) in [6.07, 6.45) is 2.68. The van der Waals surface area contributed by atoms with E-state index in [1.165, 1.54) is 50.8 Å². The van der Waals surface area contributed by atoms with Gasteiger partial charge in [-0.3, -0.25) is 39.1 Å². The van der Waals surface area contributed by atoms with E-state index >= 15 is 0 Å². The van der Waals surface area contributed by atoms with E-state index in [0.717, 1.165) is 16.7 Å². The number of hydrogen-bond acceptors (Lipinski definition) is 12. The van der Waals surface area contributed by atoms with Crippen LogP contribution in [0, 0.1) is 0 Å². The Morgan fingerprint density at radius 3 is 2.24 bits per heavy atom. The summed E-state index contributed by atoms with van der Waals surface area (Å²) in [6, 6.07) is 17.2. The van der Waals surface area contributed by atoms with Gasteiger partial charge in [-0.1, -0.05) is 30.0 Å². The summed E-state index contributed by atoms with van der Waals surface area (Å²) < 4.78 is 15.9. The molecule has 233 valence electrons. The molecule has 4 heterocycles. The fraction of sp³-hybridized carbons (Fsp3) is 0.0667. The summed E-state index contributed by atoms with van der Waals surface area (Å²) in [4.78, 5) is 81.2. The van der Waals surface area contributed by atoms with Crippen LogP contribution in [0.1, 0.15) is 38.2 Å². The Balaban J connectivity index is 0.00000417. The van der Waals surface area contributed by atoms with Crippen molar-refractivity contribution < 1.29 is 59.4 Å². The molecule has 0 spiro atoms. The van der Waals surface area contributed by atoms with E-state index in [2.05, 4.69) is 10.5 Å². The van der Waals surface area contributed by atoms with Crippen LogP contribution < -0.4 is 10.2 Å². The van der Waals surface area contributed by atoms with Crippen molar-refractivity contribution in [3.63, 3.8) is 0 Å². The molecule has 2 aromatic carbocycles. The van der Waals surface area contributed by atoms with Gasteiger partial charge in [0.15, 0.2) is 10.9 Å². The van der Waals surface area contributed by atoms with Crippen molar-refractivity contribution in [3.8, 4) is 5.75 Å². The average molecular weight is 704 g/mol. The number of benzene rings is 2. The number of amides is 5. The van der Waals surface area contributed by atoms with Gasteiger partial charge in [-0.25, -0.2) is 4.90 Å². The Hall–Kier alpha value is -5.15. The van der Waals surface area contributed by atoms with Gasteiger partial charge >= 0.3 is 28.6 Å². The summed E-state index contributed by atoms with van der Waals surface area (Å²) in [5, 5.41) is 4.73.